The molecule has 2 aromatic rings. The van der Waals surface area contributed by atoms with Crippen LogP contribution in [0.3, 0.4) is 0 Å². The van der Waals surface area contributed by atoms with Crippen LogP contribution in [-0.2, 0) is 16.1 Å². The van der Waals surface area contributed by atoms with E-state index in [2.05, 4.69) is 17.5 Å². The number of carbonyl (C=O) groups is 4. The van der Waals surface area contributed by atoms with Gasteiger partial charge < -0.3 is 19.5 Å². The van der Waals surface area contributed by atoms with Gasteiger partial charge in [0, 0.05) is 17.7 Å². The molecule has 2 aromatic carbocycles. The van der Waals surface area contributed by atoms with Gasteiger partial charge in [-0.15, -0.1) is 0 Å². The van der Waals surface area contributed by atoms with Crippen molar-refractivity contribution in [3.63, 3.8) is 0 Å². The average Bonchev–Trinajstić information content (AvgIpc) is 3.08. The number of phenols is 1. The average molecular weight is 479 g/mol. The van der Waals surface area contributed by atoms with Crippen molar-refractivity contribution in [1.29, 1.82) is 0 Å². The van der Waals surface area contributed by atoms with Crippen molar-refractivity contribution in [2.75, 3.05) is 19.8 Å². The minimum Gasteiger partial charge on any atom is -0.505 e. The van der Waals surface area contributed by atoms with E-state index in [-0.39, 0.29) is 41.9 Å². The zero-order chi connectivity index (χ0) is 23.4. The number of fused-ring (bicyclic) bond motifs is 1. The zero-order valence-electron chi connectivity index (χ0n) is 16.9. The molecule has 2 N–H and O–H groups in total. The van der Waals surface area contributed by atoms with Crippen LogP contribution >= 0.6 is 24.4 Å². The Balaban J connectivity index is 1.71. The van der Waals surface area contributed by atoms with Gasteiger partial charge in [0.05, 0.1) is 18.7 Å². The number of benzene rings is 2. The molecule has 1 aliphatic heterocycles. The lowest BCUT2D eigenvalue weighted by Crippen LogP contribution is -2.30. The first-order valence-corrected chi connectivity index (χ1v) is 10.3. The number of ether oxygens (including phenoxy) is 2. The van der Waals surface area contributed by atoms with Crippen LogP contribution in [0.25, 0.3) is 0 Å². The van der Waals surface area contributed by atoms with Crippen LogP contribution in [0.15, 0.2) is 30.3 Å². The van der Waals surface area contributed by atoms with Crippen LogP contribution < -0.4 is 9.46 Å². The van der Waals surface area contributed by atoms with Crippen LogP contribution in [0, 0.1) is 0 Å². The van der Waals surface area contributed by atoms with Gasteiger partial charge in [-0.25, -0.2) is 4.79 Å². The van der Waals surface area contributed by atoms with Crippen molar-refractivity contribution in [2.24, 2.45) is 0 Å². The maximum atomic E-state index is 12.8. The lowest BCUT2D eigenvalue weighted by Gasteiger charge is -2.16. The number of esters is 1. The van der Waals surface area contributed by atoms with E-state index in [9.17, 15) is 24.3 Å². The number of thiol groups is 1. The molecule has 0 fully saturated rings. The summed E-state index contributed by atoms with van der Waals surface area (Å²) in [5.74, 6) is -2.45. The number of amides is 2. The lowest BCUT2D eigenvalue weighted by atomic mass is 10.1. The van der Waals surface area contributed by atoms with Crippen molar-refractivity contribution in [3.05, 3.63) is 57.6 Å². The Kier molecular flexibility index (Phi) is 7.26. The molecule has 1 heterocycles. The van der Waals surface area contributed by atoms with Crippen LogP contribution in [0.4, 0.5) is 0 Å². The molecule has 11 heteroatoms. The molecule has 0 unspecified atom stereocenters. The predicted octanol–water partition coefficient (Wildman–Crippen LogP) is 2.40. The number of nitrogens with zero attached hydrogens (tertiary/aromatic N) is 1. The molecule has 0 spiro atoms. The quantitative estimate of drug-likeness (QED) is 0.302. The predicted molar refractivity (Wildman–Crippen MR) is 117 cm³/mol. The molecule has 0 bridgehead atoms. The second-order valence-corrected chi connectivity index (χ2v) is 7.37. The summed E-state index contributed by atoms with van der Waals surface area (Å²) in [5.41, 5.74) is 1.22. The third-order valence-electron chi connectivity index (χ3n) is 4.71. The van der Waals surface area contributed by atoms with Crippen LogP contribution in [0.2, 0.25) is 5.02 Å². The Bertz CT molecular complexity index is 1110. The van der Waals surface area contributed by atoms with Gasteiger partial charge in [-0.2, -0.15) is 0 Å². The normalized spacial score (nSPS) is 12.3. The second kappa shape index (κ2) is 9.92. The monoisotopic (exact) mass is 478 g/mol. The highest BCUT2D eigenvalue weighted by molar-refractivity contribution is 7.78. The maximum Gasteiger partial charge on any atom is 0.344 e. The number of rotatable bonds is 8. The van der Waals surface area contributed by atoms with Gasteiger partial charge in [0.25, 0.3) is 11.8 Å². The first-order chi connectivity index (χ1) is 15.3. The van der Waals surface area contributed by atoms with Gasteiger partial charge >= 0.3 is 5.97 Å². The second-order valence-electron chi connectivity index (χ2n) is 6.76. The molecule has 2 amide bonds. The van der Waals surface area contributed by atoms with E-state index in [1.54, 1.807) is 13.0 Å². The highest BCUT2D eigenvalue weighted by atomic mass is 35.5. The van der Waals surface area contributed by atoms with Crippen LogP contribution in [0.1, 0.15) is 43.6 Å². The number of hydrogen-bond acceptors (Lipinski definition) is 8. The van der Waals surface area contributed by atoms with Crippen molar-refractivity contribution in [1.82, 2.24) is 9.62 Å². The summed E-state index contributed by atoms with van der Waals surface area (Å²) >= 11 is 9.80. The number of Topliss-reactive ketones (excluding diaryl/α,β-unsaturated/α-hetero) is 1. The fraction of sp³-hybridized carbons (Fsp3) is 0.238. The van der Waals surface area contributed by atoms with Crippen LogP contribution in [0.5, 0.6) is 11.5 Å². The van der Waals surface area contributed by atoms with Gasteiger partial charge in [0.1, 0.15) is 16.5 Å². The molecule has 0 radical (unpaired) electrons. The van der Waals surface area contributed by atoms with E-state index in [4.69, 9.17) is 21.1 Å². The largest absolute Gasteiger partial charge is 0.505 e. The van der Waals surface area contributed by atoms with Gasteiger partial charge in [-0.05, 0) is 42.8 Å². The molecular formula is C21H19ClN2O7S. The Morgan fingerprint density at radius 1 is 1.25 bits per heavy atom. The lowest BCUT2D eigenvalue weighted by molar-refractivity contribution is -0.145. The molecule has 0 aromatic heterocycles. The molecular weight excluding hydrogens is 460 g/mol. The fourth-order valence-corrected chi connectivity index (χ4v) is 3.54. The summed E-state index contributed by atoms with van der Waals surface area (Å²) in [7, 11) is 0. The highest BCUT2D eigenvalue weighted by Gasteiger charge is 2.30. The maximum absolute atomic E-state index is 12.8. The van der Waals surface area contributed by atoms with Crippen molar-refractivity contribution >= 4 is 48.0 Å². The van der Waals surface area contributed by atoms with Gasteiger partial charge in [0.2, 0.25) is 0 Å². The van der Waals surface area contributed by atoms with E-state index < -0.39 is 30.0 Å². The van der Waals surface area contributed by atoms with Gasteiger partial charge in [-0.1, -0.05) is 24.4 Å². The number of halogens is 1. The topological polar surface area (TPSA) is 122 Å². The molecule has 1 aliphatic rings. The molecule has 0 saturated heterocycles. The SMILES string of the molecule is CCOC(=O)COc1ccc(C(=O)CN2Cc3cc(C(=O)NS)ccc3C2=O)c(O)c1Cl. The summed E-state index contributed by atoms with van der Waals surface area (Å²) in [5, 5.41) is 10.1. The minimum absolute atomic E-state index is 0.00780. The molecule has 3 rings (SSSR count). The third-order valence-corrected chi connectivity index (χ3v) is 5.28. The Labute approximate surface area is 193 Å². The van der Waals surface area contributed by atoms with Crippen LogP contribution in [-0.4, -0.2) is 53.3 Å². The Morgan fingerprint density at radius 2 is 2.00 bits per heavy atom. The van der Waals surface area contributed by atoms with Gasteiger partial charge in [0.15, 0.2) is 12.4 Å². The standard InChI is InChI=1S/C21H19ClN2O7S/c1-2-30-17(26)10-31-16-6-5-14(19(27)18(16)22)15(25)9-24-8-12-7-11(20(28)23-32)3-4-13(12)21(24)29/h3-7,27,32H,2,8-10H2,1H3,(H,23,28). The molecule has 168 valence electrons. The third kappa shape index (κ3) is 4.81. The molecule has 9 nitrogen and oxygen atoms in total. The molecule has 0 aliphatic carbocycles. The van der Waals surface area contributed by atoms with E-state index in [1.165, 1.54) is 29.2 Å². The van der Waals surface area contributed by atoms with E-state index in [0.29, 0.717) is 16.7 Å². The molecule has 0 atom stereocenters. The van der Waals surface area contributed by atoms with E-state index >= 15 is 0 Å². The molecule has 32 heavy (non-hydrogen) atoms. The van der Waals surface area contributed by atoms with Crippen molar-refractivity contribution in [2.45, 2.75) is 13.5 Å². The molecule has 0 saturated carbocycles. The number of hydrogen-bond donors (Lipinski definition) is 3. The fourth-order valence-electron chi connectivity index (χ4n) is 3.19. The Morgan fingerprint density at radius 3 is 2.69 bits per heavy atom. The van der Waals surface area contributed by atoms with Gasteiger partial charge in [-0.3, -0.25) is 19.1 Å². The smallest absolute Gasteiger partial charge is 0.344 e. The summed E-state index contributed by atoms with van der Waals surface area (Å²) in [6.45, 7) is 1.25. The Hall–Kier alpha value is -3.24. The first-order valence-electron chi connectivity index (χ1n) is 9.46. The van der Waals surface area contributed by atoms with Crippen molar-refractivity contribution < 1.29 is 33.8 Å². The van der Waals surface area contributed by atoms with E-state index in [0.717, 1.165) is 0 Å². The highest BCUT2D eigenvalue weighted by Crippen LogP contribution is 2.36. The zero-order valence-corrected chi connectivity index (χ0v) is 18.5. The number of ketones is 1. The summed E-state index contributed by atoms with van der Waals surface area (Å²) in [4.78, 5) is 49.8. The number of carbonyl (C=O) groups excluding carboxylic acids is 4. The number of aromatic hydroxyl groups is 1. The minimum atomic E-state index is -0.606. The number of nitrogens with one attached hydrogen (secondary N) is 1. The van der Waals surface area contributed by atoms with Crippen molar-refractivity contribution in [3.8, 4) is 11.5 Å². The van der Waals surface area contributed by atoms with E-state index in [1.807, 2.05) is 0 Å². The summed E-state index contributed by atoms with van der Waals surface area (Å²) in [6.07, 6.45) is 0. The first kappa shape index (κ1) is 23.4. The summed E-state index contributed by atoms with van der Waals surface area (Å²) < 4.78 is 12.2. The number of phenolic OH excluding ortho intramolecular Hbond substituents is 1. The summed E-state index contributed by atoms with van der Waals surface area (Å²) in [6, 6.07) is 7.22.